The van der Waals surface area contributed by atoms with Crippen molar-refractivity contribution in [1.29, 1.82) is 0 Å². The van der Waals surface area contributed by atoms with Crippen LogP contribution in [0.1, 0.15) is 74.7 Å². The van der Waals surface area contributed by atoms with E-state index >= 15 is 0 Å². The molecule has 4 heterocycles. The summed E-state index contributed by atoms with van der Waals surface area (Å²) >= 11 is 0. The van der Waals surface area contributed by atoms with E-state index in [1.165, 1.54) is 80.7 Å². The molecule has 1 aromatic carbocycles. The number of rotatable bonds is 9. The normalized spacial score (nSPS) is 27.1. The van der Waals surface area contributed by atoms with Crippen molar-refractivity contribution >= 4 is 12.0 Å². The van der Waals surface area contributed by atoms with Gasteiger partial charge in [0.15, 0.2) is 12.1 Å². The molecule has 2 N–H and O–H groups in total. The highest BCUT2D eigenvalue weighted by Gasteiger charge is 2.41. The molecule has 3 unspecified atom stereocenters. The van der Waals surface area contributed by atoms with E-state index < -0.39 is 0 Å². The molecular formula is C27H41N7. The number of unbranched alkanes of at least 4 members (excludes halogenated alkanes) is 1. The Bertz CT molecular complexity index is 995. The van der Waals surface area contributed by atoms with Gasteiger partial charge >= 0.3 is 0 Å². The number of nitrogens with zero attached hydrogens (tertiary/aromatic N) is 5. The zero-order valence-electron chi connectivity index (χ0n) is 20.9. The molecule has 3 aliphatic heterocycles. The van der Waals surface area contributed by atoms with E-state index in [1.54, 1.807) is 0 Å². The highest BCUT2D eigenvalue weighted by atomic mass is 15.5. The summed E-state index contributed by atoms with van der Waals surface area (Å²) in [7, 11) is 2.28. The fourth-order valence-corrected chi connectivity index (χ4v) is 6.53. The Labute approximate surface area is 204 Å². The Hall–Kier alpha value is -2.09. The number of anilines is 1. The molecule has 0 spiro atoms. The number of aromatic nitrogens is 2. The lowest BCUT2D eigenvalue weighted by Gasteiger charge is -2.38. The van der Waals surface area contributed by atoms with Gasteiger partial charge in [-0.25, -0.2) is 0 Å². The second kappa shape index (κ2) is 9.51. The summed E-state index contributed by atoms with van der Waals surface area (Å²) < 4.78 is 4.99. The first-order chi connectivity index (χ1) is 16.7. The Morgan fingerprint density at radius 2 is 1.76 bits per heavy atom. The average molecular weight is 464 g/mol. The molecule has 1 aliphatic carbocycles. The maximum atomic E-state index is 4.75. The van der Waals surface area contributed by atoms with Gasteiger partial charge in [-0.05, 0) is 50.4 Å². The molecule has 2 saturated heterocycles. The van der Waals surface area contributed by atoms with Gasteiger partial charge in [0.1, 0.15) is 5.69 Å². The van der Waals surface area contributed by atoms with Gasteiger partial charge in [-0.15, -0.1) is 0 Å². The third-order valence-corrected chi connectivity index (χ3v) is 8.53. The Kier molecular flexibility index (Phi) is 6.26. The fourth-order valence-electron chi connectivity index (χ4n) is 6.53. The molecule has 3 atom stereocenters. The van der Waals surface area contributed by atoms with Crippen LogP contribution in [0.2, 0.25) is 0 Å². The first-order valence-corrected chi connectivity index (χ1v) is 13.6. The van der Waals surface area contributed by atoms with Gasteiger partial charge in [0.25, 0.3) is 0 Å². The van der Waals surface area contributed by atoms with Crippen LogP contribution in [0.25, 0.3) is 0 Å². The third-order valence-electron chi connectivity index (χ3n) is 8.53. The number of fused-ring (bicyclic) bond motifs is 3. The van der Waals surface area contributed by atoms with E-state index in [9.17, 15) is 0 Å². The maximum absolute atomic E-state index is 4.75. The molecule has 2 aromatic rings. The number of benzene rings is 1. The molecule has 7 nitrogen and oxygen atoms in total. The van der Waals surface area contributed by atoms with Gasteiger partial charge in [0.2, 0.25) is 0 Å². The third kappa shape index (κ3) is 4.23. The van der Waals surface area contributed by atoms with E-state index in [2.05, 4.69) is 74.2 Å². The van der Waals surface area contributed by atoms with Crippen molar-refractivity contribution < 1.29 is 0 Å². The molecule has 1 aromatic heterocycles. The topological polar surface area (TPSA) is 52.8 Å². The summed E-state index contributed by atoms with van der Waals surface area (Å²) in [5.74, 6) is 1.23. The molecule has 7 heteroatoms. The van der Waals surface area contributed by atoms with Crippen LogP contribution >= 0.6 is 0 Å². The van der Waals surface area contributed by atoms with Crippen LogP contribution in [0.15, 0.2) is 29.3 Å². The lowest BCUT2D eigenvalue weighted by molar-refractivity contribution is 0.143. The fraction of sp³-hybridized carbons (Fsp3) is 0.667. The second-order valence-corrected chi connectivity index (χ2v) is 10.9. The molecule has 2 bridgehead atoms. The number of piperazine rings is 1. The van der Waals surface area contributed by atoms with Gasteiger partial charge in [-0.1, -0.05) is 50.5 Å². The van der Waals surface area contributed by atoms with Crippen molar-refractivity contribution in [3.63, 3.8) is 0 Å². The summed E-state index contributed by atoms with van der Waals surface area (Å²) in [5, 5.41) is 7.19. The van der Waals surface area contributed by atoms with Crippen LogP contribution in [0.5, 0.6) is 0 Å². The SMILES string of the molecule is CCCCNC1N=Cc2c(n(Cc3ccc(CN4CC5CC4CN5C)cc3)n2C2CCCC2)N1. The van der Waals surface area contributed by atoms with Gasteiger partial charge in [0.05, 0.1) is 18.8 Å². The number of aliphatic imine (C=N–C) groups is 1. The summed E-state index contributed by atoms with van der Waals surface area (Å²) in [6.07, 6.45) is 11.0. The minimum Gasteiger partial charge on any atom is -0.335 e. The van der Waals surface area contributed by atoms with Crippen molar-refractivity contribution in [3.8, 4) is 0 Å². The van der Waals surface area contributed by atoms with Gasteiger partial charge in [-0.2, -0.15) is 0 Å². The summed E-state index contributed by atoms with van der Waals surface area (Å²) in [6.45, 7) is 7.69. The molecule has 6 rings (SSSR count). The number of likely N-dealkylation sites (tertiary alicyclic amines) is 2. The van der Waals surface area contributed by atoms with E-state index in [0.717, 1.165) is 31.7 Å². The van der Waals surface area contributed by atoms with Crippen LogP contribution in [0, 0.1) is 0 Å². The van der Waals surface area contributed by atoms with Gasteiger partial charge < -0.3 is 10.2 Å². The lowest BCUT2D eigenvalue weighted by Crippen LogP contribution is -2.44. The Balaban J connectivity index is 1.15. The zero-order chi connectivity index (χ0) is 23.1. The van der Waals surface area contributed by atoms with E-state index in [-0.39, 0.29) is 6.29 Å². The number of likely N-dealkylation sites (N-methyl/N-ethyl adjacent to an activating group) is 1. The van der Waals surface area contributed by atoms with Crippen LogP contribution < -0.4 is 10.6 Å². The Morgan fingerprint density at radius 1 is 1.00 bits per heavy atom. The summed E-state index contributed by atoms with van der Waals surface area (Å²) in [5.41, 5.74) is 4.09. The number of hydrogen-bond acceptors (Lipinski definition) is 5. The van der Waals surface area contributed by atoms with Gasteiger partial charge in [0, 0.05) is 31.7 Å². The van der Waals surface area contributed by atoms with Crippen LogP contribution in [-0.4, -0.2) is 70.4 Å². The molecule has 0 radical (unpaired) electrons. The maximum Gasteiger partial charge on any atom is 0.174 e. The van der Waals surface area contributed by atoms with Crippen molar-refractivity contribution in [3.05, 3.63) is 41.1 Å². The quantitative estimate of drug-likeness (QED) is 0.555. The molecule has 1 saturated carbocycles. The van der Waals surface area contributed by atoms with Crippen molar-refractivity contribution in [2.24, 2.45) is 4.99 Å². The highest BCUT2D eigenvalue weighted by molar-refractivity contribution is 5.87. The summed E-state index contributed by atoms with van der Waals surface area (Å²) in [4.78, 5) is 9.96. The van der Waals surface area contributed by atoms with Gasteiger partial charge in [-0.3, -0.25) is 24.6 Å². The highest BCUT2D eigenvalue weighted by Crippen LogP contribution is 2.37. The molecule has 34 heavy (non-hydrogen) atoms. The first-order valence-electron chi connectivity index (χ1n) is 13.6. The number of hydrogen-bond donors (Lipinski definition) is 2. The molecule has 184 valence electrons. The summed E-state index contributed by atoms with van der Waals surface area (Å²) in [6, 6.07) is 11.5. The van der Waals surface area contributed by atoms with Crippen molar-refractivity contribution in [1.82, 2.24) is 24.5 Å². The van der Waals surface area contributed by atoms with Crippen molar-refractivity contribution in [2.45, 2.75) is 89.4 Å². The smallest absolute Gasteiger partial charge is 0.174 e. The number of nitrogens with one attached hydrogen (secondary N) is 2. The van der Waals surface area contributed by atoms with Crippen LogP contribution in [0.4, 0.5) is 5.82 Å². The zero-order valence-corrected chi connectivity index (χ0v) is 20.9. The molecule has 3 fully saturated rings. The minimum absolute atomic E-state index is 0.0178. The van der Waals surface area contributed by atoms with E-state index in [1.807, 2.05) is 0 Å². The predicted molar refractivity (Wildman–Crippen MR) is 139 cm³/mol. The van der Waals surface area contributed by atoms with E-state index in [0.29, 0.717) is 6.04 Å². The molecule has 4 aliphatic rings. The molecular weight excluding hydrogens is 422 g/mol. The van der Waals surface area contributed by atoms with Crippen LogP contribution in [0.3, 0.4) is 0 Å². The average Bonchev–Trinajstić information content (AvgIpc) is 3.58. The van der Waals surface area contributed by atoms with Crippen LogP contribution in [-0.2, 0) is 13.1 Å². The monoisotopic (exact) mass is 463 g/mol. The second-order valence-electron chi connectivity index (χ2n) is 10.9. The van der Waals surface area contributed by atoms with Crippen molar-refractivity contribution in [2.75, 3.05) is 32.0 Å². The minimum atomic E-state index is -0.0178. The first kappa shape index (κ1) is 22.4. The predicted octanol–water partition coefficient (Wildman–Crippen LogP) is 3.86. The standard InChI is InChI=1S/C27H41N7/c1-3-4-13-28-27-29-15-25-26(30-27)33(34(25)22-7-5-6-8-22)17-21-11-9-20(10-12-21)16-32-19-23-14-24(32)18-31(23)2/h9-12,15,22-24,27-28,30H,3-8,13-14,16-19H2,1-2H3. The Morgan fingerprint density at radius 3 is 2.44 bits per heavy atom. The molecule has 0 amide bonds. The largest absolute Gasteiger partial charge is 0.335 e. The lowest BCUT2D eigenvalue weighted by atomic mass is 10.1. The van der Waals surface area contributed by atoms with E-state index in [4.69, 9.17) is 4.99 Å².